The van der Waals surface area contributed by atoms with Gasteiger partial charge in [0.2, 0.25) is 11.6 Å². The van der Waals surface area contributed by atoms with Crippen molar-refractivity contribution in [3.05, 3.63) is 0 Å². The highest BCUT2D eigenvalue weighted by Crippen LogP contribution is 2.13. The molecule has 14 heavy (non-hydrogen) atoms. The summed E-state index contributed by atoms with van der Waals surface area (Å²) < 4.78 is 0. The van der Waals surface area contributed by atoms with Crippen LogP contribution in [0.5, 0.6) is 0 Å². The van der Waals surface area contributed by atoms with Crippen LogP contribution >= 0.6 is 0 Å². The van der Waals surface area contributed by atoms with Gasteiger partial charge < -0.3 is 5.11 Å². The summed E-state index contributed by atoms with van der Waals surface area (Å²) in [5.41, 5.74) is 0. The fourth-order valence-electron chi connectivity index (χ4n) is 1.77. The van der Waals surface area contributed by atoms with E-state index in [1.807, 2.05) is 0 Å². The van der Waals surface area contributed by atoms with Gasteiger partial charge in [0.15, 0.2) is 0 Å². The number of ketones is 2. The fraction of sp³-hybridized carbons (Fsp3) is 0.818. The Labute approximate surface area is 84.5 Å². The molecule has 1 unspecified atom stereocenters. The predicted octanol–water partition coefficient (Wildman–Crippen LogP) is 1.62. The van der Waals surface area contributed by atoms with Crippen LogP contribution in [0.3, 0.4) is 0 Å². The minimum atomic E-state index is -1.04. The predicted molar refractivity (Wildman–Crippen MR) is 53.0 cm³/mol. The Kier molecular flexibility index (Phi) is 4.80. The van der Waals surface area contributed by atoms with Crippen molar-refractivity contribution in [1.29, 1.82) is 0 Å². The Balaban J connectivity index is 2.48. The van der Waals surface area contributed by atoms with E-state index in [1.54, 1.807) is 0 Å². The first-order valence-corrected chi connectivity index (χ1v) is 5.47. The SMILES string of the molecule is O=C1CCCCCCCCC(O)C1=O. The topological polar surface area (TPSA) is 54.4 Å². The molecule has 3 heteroatoms. The van der Waals surface area contributed by atoms with Crippen LogP contribution in [-0.4, -0.2) is 22.8 Å². The summed E-state index contributed by atoms with van der Waals surface area (Å²) in [5, 5.41) is 9.39. The van der Waals surface area contributed by atoms with Gasteiger partial charge in [0.1, 0.15) is 6.10 Å². The normalized spacial score (nSPS) is 27.1. The Morgan fingerprint density at radius 3 is 2.21 bits per heavy atom. The van der Waals surface area contributed by atoms with E-state index < -0.39 is 11.9 Å². The van der Waals surface area contributed by atoms with Gasteiger partial charge >= 0.3 is 0 Å². The first kappa shape index (κ1) is 11.4. The molecule has 0 bridgehead atoms. The third-order valence-electron chi connectivity index (χ3n) is 2.71. The highest BCUT2D eigenvalue weighted by Gasteiger charge is 2.22. The molecule has 1 aliphatic rings. The van der Waals surface area contributed by atoms with E-state index in [4.69, 9.17) is 0 Å². The third kappa shape index (κ3) is 3.58. The molecule has 1 aliphatic carbocycles. The zero-order chi connectivity index (χ0) is 10.4. The van der Waals surface area contributed by atoms with Gasteiger partial charge in [-0.05, 0) is 12.8 Å². The van der Waals surface area contributed by atoms with Gasteiger partial charge in [-0.25, -0.2) is 0 Å². The Morgan fingerprint density at radius 2 is 1.50 bits per heavy atom. The maximum absolute atomic E-state index is 11.3. The van der Waals surface area contributed by atoms with E-state index >= 15 is 0 Å². The average molecular weight is 198 g/mol. The summed E-state index contributed by atoms with van der Waals surface area (Å²) in [6.45, 7) is 0. The van der Waals surface area contributed by atoms with E-state index in [9.17, 15) is 14.7 Å². The van der Waals surface area contributed by atoms with Gasteiger partial charge in [-0.2, -0.15) is 0 Å². The summed E-state index contributed by atoms with van der Waals surface area (Å²) >= 11 is 0. The standard InChI is InChI=1S/C11H18O3/c12-9-7-5-3-1-2-4-6-8-10(13)11(9)14/h9,12H,1-8H2. The molecule has 0 radical (unpaired) electrons. The van der Waals surface area contributed by atoms with Gasteiger partial charge in [-0.3, -0.25) is 9.59 Å². The lowest BCUT2D eigenvalue weighted by molar-refractivity contribution is -0.141. The molecule has 1 saturated carbocycles. The summed E-state index contributed by atoms with van der Waals surface area (Å²) in [6.07, 6.45) is 5.72. The molecule has 1 N–H and O–H groups in total. The highest BCUT2D eigenvalue weighted by atomic mass is 16.3. The lowest BCUT2D eigenvalue weighted by Crippen LogP contribution is -2.28. The minimum Gasteiger partial charge on any atom is -0.385 e. The van der Waals surface area contributed by atoms with Crippen LogP contribution in [0.2, 0.25) is 0 Å². The number of carbonyl (C=O) groups is 2. The van der Waals surface area contributed by atoms with Gasteiger partial charge in [-0.15, -0.1) is 0 Å². The number of hydrogen-bond donors (Lipinski definition) is 1. The Hall–Kier alpha value is -0.700. The van der Waals surface area contributed by atoms with Crippen LogP contribution < -0.4 is 0 Å². The number of Topliss-reactive ketones (excluding diaryl/α,β-unsaturated/α-hetero) is 2. The maximum Gasteiger partial charge on any atom is 0.226 e. The smallest absolute Gasteiger partial charge is 0.226 e. The second-order valence-corrected chi connectivity index (χ2v) is 3.96. The molecular formula is C11H18O3. The molecule has 0 aromatic carbocycles. The van der Waals surface area contributed by atoms with Crippen LogP contribution in [0.4, 0.5) is 0 Å². The van der Waals surface area contributed by atoms with Crippen molar-refractivity contribution in [2.24, 2.45) is 0 Å². The molecular weight excluding hydrogens is 180 g/mol. The maximum atomic E-state index is 11.3. The van der Waals surface area contributed by atoms with Gasteiger partial charge in [0.05, 0.1) is 0 Å². The molecule has 0 spiro atoms. The van der Waals surface area contributed by atoms with Crippen LogP contribution in [-0.2, 0) is 9.59 Å². The number of carbonyl (C=O) groups excluding carboxylic acids is 2. The zero-order valence-corrected chi connectivity index (χ0v) is 8.50. The molecule has 1 rings (SSSR count). The summed E-state index contributed by atoms with van der Waals surface area (Å²) in [6, 6.07) is 0. The fourth-order valence-corrected chi connectivity index (χ4v) is 1.77. The molecule has 0 heterocycles. The molecule has 0 aromatic heterocycles. The summed E-state index contributed by atoms with van der Waals surface area (Å²) in [4.78, 5) is 22.5. The molecule has 80 valence electrons. The van der Waals surface area contributed by atoms with Crippen LogP contribution in [0.25, 0.3) is 0 Å². The van der Waals surface area contributed by atoms with Crippen LogP contribution in [0, 0.1) is 0 Å². The zero-order valence-electron chi connectivity index (χ0n) is 8.50. The first-order valence-electron chi connectivity index (χ1n) is 5.47. The molecule has 3 nitrogen and oxygen atoms in total. The highest BCUT2D eigenvalue weighted by molar-refractivity contribution is 6.38. The van der Waals surface area contributed by atoms with Crippen molar-refractivity contribution in [3.63, 3.8) is 0 Å². The lowest BCUT2D eigenvalue weighted by atomic mass is 10.0. The molecule has 0 amide bonds. The average Bonchev–Trinajstić information content (AvgIpc) is 2.21. The monoisotopic (exact) mass is 198 g/mol. The van der Waals surface area contributed by atoms with E-state index in [0.717, 1.165) is 38.5 Å². The summed E-state index contributed by atoms with van der Waals surface area (Å²) in [7, 11) is 0. The molecule has 0 saturated heterocycles. The lowest BCUT2D eigenvalue weighted by Gasteiger charge is -2.06. The van der Waals surface area contributed by atoms with E-state index in [-0.39, 0.29) is 5.78 Å². The van der Waals surface area contributed by atoms with Gasteiger partial charge in [0, 0.05) is 6.42 Å². The van der Waals surface area contributed by atoms with Crippen molar-refractivity contribution in [2.75, 3.05) is 0 Å². The van der Waals surface area contributed by atoms with Gasteiger partial charge in [0.25, 0.3) is 0 Å². The van der Waals surface area contributed by atoms with Crippen molar-refractivity contribution < 1.29 is 14.7 Å². The Morgan fingerprint density at radius 1 is 0.929 bits per heavy atom. The largest absolute Gasteiger partial charge is 0.385 e. The quantitative estimate of drug-likeness (QED) is 0.602. The number of hydrogen-bond acceptors (Lipinski definition) is 3. The van der Waals surface area contributed by atoms with E-state index in [2.05, 4.69) is 0 Å². The van der Waals surface area contributed by atoms with Crippen molar-refractivity contribution in [3.8, 4) is 0 Å². The molecule has 0 aromatic rings. The van der Waals surface area contributed by atoms with Crippen molar-refractivity contribution in [1.82, 2.24) is 0 Å². The Bertz CT molecular complexity index is 211. The summed E-state index contributed by atoms with van der Waals surface area (Å²) in [5.74, 6) is -0.966. The molecule has 0 aliphatic heterocycles. The van der Waals surface area contributed by atoms with Crippen molar-refractivity contribution in [2.45, 2.75) is 57.5 Å². The first-order chi connectivity index (χ1) is 6.72. The van der Waals surface area contributed by atoms with Crippen LogP contribution in [0.15, 0.2) is 0 Å². The number of aliphatic hydroxyl groups is 1. The van der Waals surface area contributed by atoms with E-state index in [1.165, 1.54) is 0 Å². The third-order valence-corrected chi connectivity index (χ3v) is 2.71. The second kappa shape index (κ2) is 5.91. The number of aliphatic hydroxyl groups excluding tert-OH is 1. The van der Waals surface area contributed by atoms with Crippen molar-refractivity contribution >= 4 is 11.6 Å². The second-order valence-electron chi connectivity index (χ2n) is 3.96. The number of rotatable bonds is 0. The van der Waals surface area contributed by atoms with E-state index in [0.29, 0.717) is 12.8 Å². The van der Waals surface area contributed by atoms with Gasteiger partial charge in [-0.1, -0.05) is 32.1 Å². The molecule has 1 atom stereocenters. The molecule has 1 fully saturated rings. The minimum absolute atomic E-state index is 0.315. The van der Waals surface area contributed by atoms with Crippen LogP contribution in [0.1, 0.15) is 51.4 Å².